The van der Waals surface area contributed by atoms with Gasteiger partial charge in [0.05, 0.1) is 6.54 Å². The standard InChI is InChI=1S/C12H13FN2O2/c13-9-3-1-4-10(7-9)14-12(17)15-6-2-5-11(16)8-15/h1,3-4,7H,2,5-6,8H2,(H,14,17). The Morgan fingerprint density at radius 1 is 1.41 bits per heavy atom. The van der Waals surface area contributed by atoms with Crippen LogP contribution in [0.1, 0.15) is 12.8 Å². The van der Waals surface area contributed by atoms with Crippen LogP contribution in [0.3, 0.4) is 0 Å². The first-order valence-electron chi connectivity index (χ1n) is 5.48. The van der Waals surface area contributed by atoms with E-state index in [4.69, 9.17) is 0 Å². The molecule has 17 heavy (non-hydrogen) atoms. The van der Waals surface area contributed by atoms with Crippen molar-refractivity contribution in [1.29, 1.82) is 0 Å². The van der Waals surface area contributed by atoms with E-state index in [1.165, 1.54) is 23.1 Å². The SMILES string of the molecule is O=C1CCCN(C(=O)Nc2cccc(F)c2)C1. The second-order valence-corrected chi connectivity index (χ2v) is 4.00. The molecule has 90 valence electrons. The maximum atomic E-state index is 12.9. The van der Waals surface area contributed by atoms with Gasteiger partial charge in [0, 0.05) is 18.7 Å². The quantitative estimate of drug-likeness (QED) is 0.811. The fourth-order valence-electron chi connectivity index (χ4n) is 1.78. The van der Waals surface area contributed by atoms with E-state index in [1.54, 1.807) is 6.07 Å². The van der Waals surface area contributed by atoms with Gasteiger partial charge >= 0.3 is 6.03 Å². The zero-order chi connectivity index (χ0) is 12.3. The van der Waals surface area contributed by atoms with Crippen molar-refractivity contribution in [1.82, 2.24) is 4.90 Å². The molecule has 0 radical (unpaired) electrons. The van der Waals surface area contributed by atoms with Crippen molar-refractivity contribution >= 4 is 17.5 Å². The molecule has 0 aromatic heterocycles. The lowest BCUT2D eigenvalue weighted by atomic mass is 10.1. The molecule has 4 nitrogen and oxygen atoms in total. The Bertz CT molecular complexity index is 448. The fourth-order valence-corrected chi connectivity index (χ4v) is 1.78. The summed E-state index contributed by atoms with van der Waals surface area (Å²) >= 11 is 0. The molecular formula is C12H13FN2O2. The summed E-state index contributed by atoms with van der Waals surface area (Å²) in [6.07, 6.45) is 1.22. The molecule has 0 atom stereocenters. The van der Waals surface area contributed by atoms with Gasteiger partial charge < -0.3 is 10.2 Å². The number of anilines is 1. The number of urea groups is 1. The van der Waals surface area contributed by atoms with Gasteiger partial charge in [0.2, 0.25) is 0 Å². The van der Waals surface area contributed by atoms with Gasteiger partial charge in [0.15, 0.2) is 5.78 Å². The van der Waals surface area contributed by atoms with Crippen LogP contribution < -0.4 is 5.32 Å². The van der Waals surface area contributed by atoms with Gasteiger partial charge in [0.25, 0.3) is 0 Å². The molecule has 0 aliphatic carbocycles. The number of rotatable bonds is 1. The van der Waals surface area contributed by atoms with Gasteiger partial charge in [-0.3, -0.25) is 4.79 Å². The van der Waals surface area contributed by atoms with Crippen LogP contribution in [0.25, 0.3) is 0 Å². The number of likely N-dealkylation sites (tertiary alicyclic amines) is 1. The summed E-state index contributed by atoms with van der Waals surface area (Å²) in [5, 5.41) is 2.57. The van der Waals surface area contributed by atoms with Crippen molar-refractivity contribution in [2.24, 2.45) is 0 Å². The molecule has 1 N–H and O–H groups in total. The molecule has 2 amide bonds. The van der Waals surface area contributed by atoms with Gasteiger partial charge in [0.1, 0.15) is 5.82 Å². The average molecular weight is 236 g/mol. The maximum absolute atomic E-state index is 12.9. The van der Waals surface area contributed by atoms with E-state index < -0.39 is 5.82 Å². The Morgan fingerprint density at radius 2 is 2.24 bits per heavy atom. The van der Waals surface area contributed by atoms with Gasteiger partial charge in [-0.2, -0.15) is 0 Å². The largest absolute Gasteiger partial charge is 0.322 e. The Balaban J connectivity index is 1.99. The highest BCUT2D eigenvalue weighted by Gasteiger charge is 2.21. The number of carbonyl (C=O) groups excluding carboxylic acids is 2. The fraction of sp³-hybridized carbons (Fsp3) is 0.333. The second kappa shape index (κ2) is 4.95. The molecule has 0 unspecified atom stereocenters. The number of nitrogens with zero attached hydrogens (tertiary/aromatic N) is 1. The number of carbonyl (C=O) groups is 2. The summed E-state index contributed by atoms with van der Waals surface area (Å²) in [6.45, 7) is 0.702. The van der Waals surface area contributed by atoms with Crippen LogP contribution in [0.15, 0.2) is 24.3 Å². The topological polar surface area (TPSA) is 49.4 Å². The van der Waals surface area contributed by atoms with E-state index >= 15 is 0 Å². The van der Waals surface area contributed by atoms with Gasteiger partial charge in [-0.15, -0.1) is 0 Å². The monoisotopic (exact) mass is 236 g/mol. The predicted molar refractivity (Wildman–Crippen MR) is 61.2 cm³/mol. The molecule has 1 fully saturated rings. The lowest BCUT2D eigenvalue weighted by molar-refractivity contribution is -0.121. The zero-order valence-corrected chi connectivity index (χ0v) is 9.28. The molecule has 5 heteroatoms. The first kappa shape index (κ1) is 11.6. The van der Waals surface area contributed by atoms with E-state index in [2.05, 4.69) is 5.32 Å². The molecule has 2 rings (SSSR count). The number of halogens is 1. The lowest BCUT2D eigenvalue weighted by Crippen LogP contribution is -2.42. The summed E-state index contributed by atoms with van der Waals surface area (Å²) in [5.41, 5.74) is 0.396. The number of hydrogen-bond donors (Lipinski definition) is 1. The Hall–Kier alpha value is -1.91. The van der Waals surface area contributed by atoms with Crippen LogP contribution in [0.4, 0.5) is 14.9 Å². The number of hydrogen-bond acceptors (Lipinski definition) is 2. The van der Waals surface area contributed by atoms with Gasteiger partial charge in [-0.05, 0) is 24.6 Å². The van der Waals surface area contributed by atoms with Gasteiger partial charge in [-0.25, -0.2) is 9.18 Å². The van der Waals surface area contributed by atoms with Crippen LogP contribution in [0.2, 0.25) is 0 Å². The van der Waals surface area contributed by atoms with E-state index in [0.29, 0.717) is 25.1 Å². The first-order valence-corrected chi connectivity index (χ1v) is 5.48. The third-order valence-corrected chi connectivity index (χ3v) is 2.61. The zero-order valence-electron chi connectivity index (χ0n) is 9.28. The molecule has 0 saturated carbocycles. The van der Waals surface area contributed by atoms with Crippen molar-refractivity contribution in [3.8, 4) is 0 Å². The van der Waals surface area contributed by atoms with Crippen molar-refractivity contribution in [2.45, 2.75) is 12.8 Å². The summed E-state index contributed by atoms with van der Waals surface area (Å²) in [5.74, 6) is -0.344. The molecule has 1 aliphatic heterocycles. The predicted octanol–water partition coefficient (Wildman–Crippen LogP) is 2.02. The summed E-state index contributed by atoms with van der Waals surface area (Å²) in [7, 11) is 0. The Labute approximate surface area is 98.4 Å². The third kappa shape index (κ3) is 3.03. The number of benzene rings is 1. The highest BCUT2D eigenvalue weighted by atomic mass is 19.1. The molecule has 1 aromatic rings. The highest BCUT2D eigenvalue weighted by Crippen LogP contribution is 2.12. The normalized spacial score (nSPS) is 15.8. The average Bonchev–Trinajstić information content (AvgIpc) is 2.29. The number of piperidine rings is 1. The van der Waals surface area contributed by atoms with E-state index in [-0.39, 0.29) is 18.4 Å². The van der Waals surface area contributed by atoms with Crippen LogP contribution >= 0.6 is 0 Å². The second-order valence-electron chi connectivity index (χ2n) is 4.00. The number of ketones is 1. The molecule has 1 aromatic carbocycles. The van der Waals surface area contributed by atoms with Crippen molar-refractivity contribution in [2.75, 3.05) is 18.4 Å². The molecule has 1 saturated heterocycles. The van der Waals surface area contributed by atoms with Gasteiger partial charge in [-0.1, -0.05) is 6.07 Å². The molecular weight excluding hydrogens is 223 g/mol. The lowest BCUT2D eigenvalue weighted by Gasteiger charge is -2.25. The summed E-state index contributed by atoms with van der Waals surface area (Å²) < 4.78 is 12.9. The minimum Gasteiger partial charge on any atom is -0.317 e. The van der Waals surface area contributed by atoms with Crippen molar-refractivity contribution < 1.29 is 14.0 Å². The first-order chi connectivity index (χ1) is 8.15. The van der Waals surface area contributed by atoms with Crippen molar-refractivity contribution in [3.05, 3.63) is 30.1 Å². The smallest absolute Gasteiger partial charge is 0.317 e. The number of Topliss-reactive ketones (excluding diaryl/α,β-unsaturated/α-hetero) is 1. The van der Waals surface area contributed by atoms with Crippen LogP contribution in [0.5, 0.6) is 0 Å². The van der Waals surface area contributed by atoms with Crippen molar-refractivity contribution in [3.63, 3.8) is 0 Å². The molecule has 1 aliphatic rings. The third-order valence-electron chi connectivity index (χ3n) is 2.61. The minimum atomic E-state index is -0.405. The molecule has 0 spiro atoms. The molecule has 0 bridgehead atoms. The maximum Gasteiger partial charge on any atom is 0.322 e. The van der Waals surface area contributed by atoms with Crippen LogP contribution in [0, 0.1) is 5.82 Å². The highest BCUT2D eigenvalue weighted by molar-refractivity contribution is 5.93. The Kier molecular flexibility index (Phi) is 3.37. The number of nitrogens with one attached hydrogen (secondary N) is 1. The van der Waals surface area contributed by atoms with Crippen LogP contribution in [-0.4, -0.2) is 29.8 Å². The van der Waals surface area contributed by atoms with Crippen LogP contribution in [-0.2, 0) is 4.79 Å². The summed E-state index contributed by atoms with van der Waals surface area (Å²) in [6, 6.07) is 5.31. The van der Waals surface area contributed by atoms with E-state index in [0.717, 1.165) is 0 Å². The summed E-state index contributed by atoms with van der Waals surface area (Å²) in [4.78, 5) is 24.4. The molecule has 1 heterocycles. The minimum absolute atomic E-state index is 0.0608. The van der Waals surface area contributed by atoms with E-state index in [9.17, 15) is 14.0 Å². The van der Waals surface area contributed by atoms with E-state index in [1.807, 2.05) is 0 Å². The number of amides is 2. The Morgan fingerprint density at radius 3 is 2.94 bits per heavy atom.